The molecule has 0 spiro atoms. The van der Waals surface area contributed by atoms with Gasteiger partial charge in [-0.05, 0) is 6.92 Å². The highest BCUT2D eigenvalue weighted by Crippen LogP contribution is 1.94. The van der Waals surface area contributed by atoms with Crippen LogP contribution in [0.25, 0.3) is 0 Å². The van der Waals surface area contributed by atoms with Gasteiger partial charge in [0.1, 0.15) is 0 Å². The standard InChI is InChI=1S/C12H24N4O3/c1-10(15-11(2)17)9-14-12(18)13-3-4-16-5-7-19-8-6-16/h10H,3-9H2,1-2H3,(H,15,17)(H2,13,14,18). The van der Waals surface area contributed by atoms with E-state index in [4.69, 9.17) is 4.74 Å². The Hall–Kier alpha value is -1.34. The number of morpholine rings is 1. The molecule has 0 radical (unpaired) electrons. The van der Waals surface area contributed by atoms with Crippen molar-refractivity contribution in [2.24, 2.45) is 0 Å². The van der Waals surface area contributed by atoms with Crippen molar-refractivity contribution in [2.45, 2.75) is 19.9 Å². The number of hydrogen-bond donors (Lipinski definition) is 3. The van der Waals surface area contributed by atoms with E-state index in [2.05, 4.69) is 20.9 Å². The van der Waals surface area contributed by atoms with Crippen LogP contribution in [0.3, 0.4) is 0 Å². The number of hydrogen-bond acceptors (Lipinski definition) is 4. The minimum atomic E-state index is -0.203. The zero-order valence-corrected chi connectivity index (χ0v) is 11.7. The van der Waals surface area contributed by atoms with Gasteiger partial charge in [-0.1, -0.05) is 0 Å². The molecular formula is C12H24N4O3. The van der Waals surface area contributed by atoms with Crippen LogP contribution in [0.15, 0.2) is 0 Å². The molecule has 1 saturated heterocycles. The third-order valence-electron chi connectivity index (χ3n) is 2.84. The minimum absolute atomic E-state index is 0.0671. The Morgan fingerprint density at radius 3 is 2.58 bits per heavy atom. The molecule has 3 amide bonds. The van der Waals surface area contributed by atoms with Gasteiger partial charge in [0.15, 0.2) is 0 Å². The molecule has 0 bridgehead atoms. The number of urea groups is 1. The summed E-state index contributed by atoms with van der Waals surface area (Å²) in [6.07, 6.45) is 0. The number of carbonyl (C=O) groups is 2. The Morgan fingerprint density at radius 1 is 1.26 bits per heavy atom. The lowest BCUT2D eigenvalue weighted by atomic mass is 10.3. The number of nitrogens with one attached hydrogen (secondary N) is 3. The maximum absolute atomic E-state index is 11.5. The minimum Gasteiger partial charge on any atom is -0.379 e. The molecule has 1 unspecified atom stereocenters. The second-order valence-corrected chi connectivity index (χ2v) is 4.69. The zero-order valence-electron chi connectivity index (χ0n) is 11.7. The van der Waals surface area contributed by atoms with E-state index < -0.39 is 0 Å². The van der Waals surface area contributed by atoms with Gasteiger partial charge in [-0.15, -0.1) is 0 Å². The molecule has 0 saturated carbocycles. The van der Waals surface area contributed by atoms with E-state index in [1.807, 2.05) is 6.92 Å². The topological polar surface area (TPSA) is 82.7 Å². The fraction of sp³-hybridized carbons (Fsp3) is 0.833. The van der Waals surface area contributed by atoms with Gasteiger partial charge in [0.2, 0.25) is 5.91 Å². The predicted molar refractivity (Wildman–Crippen MR) is 71.9 cm³/mol. The van der Waals surface area contributed by atoms with Crippen molar-refractivity contribution in [3.8, 4) is 0 Å². The van der Waals surface area contributed by atoms with Crippen LogP contribution >= 0.6 is 0 Å². The maximum Gasteiger partial charge on any atom is 0.314 e. The first-order chi connectivity index (χ1) is 9.08. The van der Waals surface area contributed by atoms with Gasteiger partial charge in [-0.25, -0.2) is 4.79 Å². The molecule has 3 N–H and O–H groups in total. The van der Waals surface area contributed by atoms with Crippen molar-refractivity contribution >= 4 is 11.9 Å². The summed E-state index contributed by atoms with van der Waals surface area (Å²) in [5.41, 5.74) is 0. The highest BCUT2D eigenvalue weighted by Gasteiger charge is 2.10. The van der Waals surface area contributed by atoms with Crippen molar-refractivity contribution in [3.05, 3.63) is 0 Å². The molecule has 1 atom stereocenters. The van der Waals surface area contributed by atoms with Gasteiger partial charge in [-0.2, -0.15) is 0 Å². The van der Waals surface area contributed by atoms with Crippen LogP contribution in [0.1, 0.15) is 13.8 Å². The van der Waals surface area contributed by atoms with Gasteiger partial charge in [-0.3, -0.25) is 9.69 Å². The molecule has 1 heterocycles. The van der Waals surface area contributed by atoms with E-state index in [0.717, 1.165) is 32.8 Å². The molecule has 0 aromatic rings. The third kappa shape index (κ3) is 7.63. The average molecular weight is 272 g/mol. The van der Waals surface area contributed by atoms with Crippen LogP contribution in [0.4, 0.5) is 4.79 Å². The first kappa shape index (κ1) is 15.7. The fourth-order valence-electron chi connectivity index (χ4n) is 1.86. The van der Waals surface area contributed by atoms with Gasteiger partial charge >= 0.3 is 6.03 Å². The lowest BCUT2D eigenvalue weighted by molar-refractivity contribution is -0.119. The van der Waals surface area contributed by atoms with Crippen LogP contribution in [0.5, 0.6) is 0 Å². The lowest BCUT2D eigenvalue weighted by Crippen LogP contribution is -2.47. The van der Waals surface area contributed by atoms with Crippen LogP contribution in [-0.4, -0.2) is 68.8 Å². The Labute approximate surface area is 114 Å². The smallest absolute Gasteiger partial charge is 0.314 e. The molecule has 0 aliphatic carbocycles. The van der Waals surface area contributed by atoms with Crippen molar-refractivity contribution in [1.29, 1.82) is 0 Å². The monoisotopic (exact) mass is 272 g/mol. The Morgan fingerprint density at radius 2 is 1.95 bits per heavy atom. The number of ether oxygens (including phenoxy) is 1. The fourth-order valence-corrected chi connectivity index (χ4v) is 1.86. The Balaban J connectivity index is 2.02. The SMILES string of the molecule is CC(=O)NC(C)CNC(=O)NCCN1CCOCC1. The Bertz CT molecular complexity index is 293. The van der Waals surface area contributed by atoms with Crippen molar-refractivity contribution < 1.29 is 14.3 Å². The summed E-state index contributed by atoms with van der Waals surface area (Å²) in [5.74, 6) is -0.0953. The highest BCUT2D eigenvalue weighted by atomic mass is 16.5. The molecule has 19 heavy (non-hydrogen) atoms. The summed E-state index contributed by atoms with van der Waals surface area (Å²) in [7, 11) is 0. The Kier molecular flexibility index (Phi) is 7.20. The molecule has 0 aromatic carbocycles. The second-order valence-electron chi connectivity index (χ2n) is 4.69. The van der Waals surface area contributed by atoms with Crippen molar-refractivity contribution in [2.75, 3.05) is 45.9 Å². The zero-order chi connectivity index (χ0) is 14.1. The van der Waals surface area contributed by atoms with Gasteiger partial charge in [0.05, 0.1) is 13.2 Å². The number of amides is 3. The van der Waals surface area contributed by atoms with E-state index in [9.17, 15) is 9.59 Å². The van der Waals surface area contributed by atoms with Gasteiger partial charge < -0.3 is 20.7 Å². The van der Waals surface area contributed by atoms with E-state index in [1.165, 1.54) is 6.92 Å². The molecule has 7 heteroatoms. The normalized spacial score (nSPS) is 17.6. The van der Waals surface area contributed by atoms with Gasteiger partial charge in [0, 0.05) is 45.7 Å². The molecular weight excluding hydrogens is 248 g/mol. The summed E-state index contributed by atoms with van der Waals surface area (Å²) in [5, 5.41) is 8.21. The molecule has 7 nitrogen and oxygen atoms in total. The van der Waals surface area contributed by atoms with Crippen LogP contribution in [-0.2, 0) is 9.53 Å². The van der Waals surface area contributed by atoms with Crippen LogP contribution in [0, 0.1) is 0 Å². The van der Waals surface area contributed by atoms with Crippen molar-refractivity contribution in [3.63, 3.8) is 0 Å². The molecule has 1 rings (SSSR count). The third-order valence-corrected chi connectivity index (χ3v) is 2.84. The largest absolute Gasteiger partial charge is 0.379 e. The van der Waals surface area contributed by atoms with E-state index in [0.29, 0.717) is 13.1 Å². The number of nitrogens with zero attached hydrogens (tertiary/aromatic N) is 1. The highest BCUT2D eigenvalue weighted by molar-refractivity contribution is 5.74. The van der Waals surface area contributed by atoms with Crippen LogP contribution < -0.4 is 16.0 Å². The maximum atomic E-state index is 11.5. The van der Waals surface area contributed by atoms with Crippen molar-refractivity contribution in [1.82, 2.24) is 20.9 Å². The first-order valence-electron chi connectivity index (χ1n) is 6.67. The first-order valence-corrected chi connectivity index (χ1v) is 6.67. The molecule has 1 aliphatic heterocycles. The van der Waals surface area contributed by atoms with E-state index in [-0.39, 0.29) is 18.0 Å². The average Bonchev–Trinajstić information content (AvgIpc) is 2.37. The van der Waals surface area contributed by atoms with E-state index >= 15 is 0 Å². The number of rotatable bonds is 6. The molecule has 0 aromatic heterocycles. The van der Waals surface area contributed by atoms with Gasteiger partial charge in [0.25, 0.3) is 0 Å². The summed E-state index contributed by atoms with van der Waals surface area (Å²) >= 11 is 0. The lowest BCUT2D eigenvalue weighted by Gasteiger charge is -2.26. The number of carbonyl (C=O) groups excluding carboxylic acids is 2. The van der Waals surface area contributed by atoms with Crippen LogP contribution in [0.2, 0.25) is 0 Å². The molecule has 1 fully saturated rings. The predicted octanol–water partition coefficient (Wildman–Crippen LogP) is -0.858. The van der Waals surface area contributed by atoms with E-state index in [1.54, 1.807) is 0 Å². The summed E-state index contributed by atoms with van der Waals surface area (Å²) < 4.78 is 5.25. The summed E-state index contributed by atoms with van der Waals surface area (Å²) in [4.78, 5) is 24.5. The quantitative estimate of drug-likeness (QED) is 0.588. The second kappa shape index (κ2) is 8.71. The summed E-state index contributed by atoms with van der Waals surface area (Å²) in [6.45, 7) is 8.53. The molecule has 1 aliphatic rings. The molecule has 110 valence electrons. The summed E-state index contributed by atoms with van der Waals surface area (Å²) in [6, 6.07) is -0.270.